The van der Waals surface area contributed by atoms with Crippen LogP contribution in [0.3, 0.4) is 0 Å². The fraction of sp³-hybridized carbons (Fsp3) is 0.0769. The van der Waals surface area contributed by atoms with Crippen LogP contribution in [0.1, 0.15) is 14.8 Å². The zero-order valence-corrected chi connectivity index (χ0v) is 14.6. The van der Waals surface area contributed by atoms with Gasteiger partial charge in [-0.1, -0.05) is 0 Å². The van der Waals surface area contributed by atoms with Gasteiger partial charge in [0.2, 0.25) is 0 Å². The van der Waals surface area contributed by atoms with Crippen LogP contribution in [0, 0.1) is 0 Å². The van der Waals surface area contributed by atoms with Gasteiger partial charge >= 0.3 is 110 Å². The summed E-state index contributed by atoms with van der Waals surface area (Å²) in [6, 6.07) is 14.9. The first-order valence-electron chi connectivity index (χ1n) is 4.87. The van der Waals surface area contributed by atoms with Gasteiger partial charge in [-0.2, -0.15) is 0 Å². The first kappa shape index (κ1) is 18.5. The number of hydrogen-bond donors (Lipinski definition) is 0. The number of hydrogen-bond acceptors (Lipinski definition) is 0. The van der Waals surface area contributed by atoms with Crippen molar-refractivity contribution in [3.63, 3.8) is 0 Å². The molecular weight excluding hydrogens is 389 g/mol. The quantitative estimate of drug-likeness (QED) is 0.418. The predicted molar refractivity (Wildman–Crippen MR) is 58.7 cm³/mol. The Kier molecular flexibility index (Phi) is 7.51. The minimum Gasteiger partial charge on any atom is -1.00 e. The molecule has 2 aromatic carbocycles. The monoisotopic (exact) mass is 394 g/mol. The molecule has 5 heteroatoms. The van der Waals surface area contributed by atoms with Gasteiger partial charge in [-0.05, 0) is 0 Å². The SMILES string of the molecule is Clc1ccc2c(c1)[CH]([Zr+3])c1ccccc1-2.[Cl-].[Cl-].[Cl-]. The molecule has 1 aliphatic carbocycles. The Hall–Kier alpha value is 0.483. The molecule has 1 aliphatic rings. The van der Waals surface area contributed by atoms with Crippen molar-refractivity contribution < 1.29 is 61.9 Å². The largest absolute Gasteiger partial charge is 1.00 e. The summed E-state index contributed by atoms with van der Waals surface area (Å²) in [5.74, 6) is 0. The Bertz CT molecular complexity index is 542. The van der Waals surface area contributed by atoms with Crippen LogP contribution >= 0.6 is 11.6 Å². The molecule has 0 bridgehead atoms. The minimum atomic E-state index is 0. The average molecular weight is 397 g/mol. The molecule has 0 aliphatic heterocycles. The van der Waals surface area contributed by atoms with Crippen molar-refractivity contribution in [2.75, 3.05) is 0 Å². The second-order valence-corrected chi connectivity index (χ2v) is 5.61. The van der Waals surface area contributed by atoms with Gasteiger partial charge in [0.25, 0.3) is 0 Å². The molecule has 92 valence electrons. The number of fused-ring (bicyclic) bond motifs is 3. The Labute approximate surface area is 146 Å². The van der Waals surface area contributed by atoms with Crippen LogP contribution in [-0.2, 0) is 24.7 Å². The van der Waals surface area contributed by atoms with Crippen LogP contribution < -0.4 is 37.2 Å². The van der Waals surface area contributed by atoms with Crippen LogP contribution in [0.25, 0.3) is 11.1 Å². The molecule has 0 radical (unpaired) electrons. The predicted octanol–water partition coefficient (Wildman–Crippen LogP) is -5.03. The average Bonchev–Trinajstić information content (AvgIpc) is 2.54. The third-order valence-corrected chi connectivity index (χ3v) is 4.65. The molecule has 1 unspecified atom stereocenters. The maximum atomic E-state index is 6.04. The van der Waals surface area contributed by atoms with Crippen molar-refractivity contribution in [1.82, 2.24) is 0 Å². The number of rotatable bonds is 0. The summed E-state index contributed by atoms with van der Waals surface area (Å²) >= 11 is 7.57. The Morgan fingerprint density at radius 2 is 1.44 bits per heavy atom. The van der Waals surface area contributed by atoms with E-state index in [0.717, 1.165) is 5.02 Å². The van der Waals surface area contributed by atoms with E-state index < -0.39 is 0 Å². The second-order valence-electron chi connectivity index (χ2n) is 3.75. The molecule has 0 fully saturated rings. The standard InChI is InChI=1S/C13H8Cl.3ClH.Zr/c14-11-5-6-13-10(8-11)7-9-3-1-2-4-12(9)13;;;;/h1-8H;3*1H;/q;;;;+3/p-3. The third-order valence-electron chi connectivity index (χ3n) is 2.89. The summed E-state index contributed by atoms with van der Waals surface area (Å²) in [4.78, 5) is 0. The van der Waals surface area contributed by atoms with Crippen molar-refractivity contribution in [2.24, 2.45) is 0 Å². The zero-order chi connectivity index (χ0) is 10.4. The van der Waals surface area contributed by atoms with Crippen molar-refractivity contribution in [2.45, 2.75) is 3.63 Å². The third kappa shape index (κ3) is 2.97. The van der Waals surface area contributed by atoms with E-state index >= 15 is 0 Å². The molecule has 0 saturated heterocycles. The van der Waals surface area contributed by atoms with E-state index in [1.165, 1.54) is 47.0 Å². The van der Waals surface area contributed by atoms with E-state index in [4.69, 9.17) is 11.6 Å². The Morgan fingerprint density at radius 3 is 2.17 bits per heavy atom. The first-order chi connectivity index (χ1) is 7.27. The van der Waals surface area contributed by atoms with Gasteiger partial charge in [0, 0.05) is 0 Å². The summed E-state index contributed by atoms with van der Waals surface area (Å²) in [7, 11) is 0. The fourth-order valence-corrected chi connectivity index (χ4v) is 3.57. The van der Waals surface area contributed by atoms with Gasteiger partial charge in [-0.3, -0.25) is 0 Å². The molecule has 0 nitrogen and oxygen atoms in total. The van der Waals surface area contributed by atoms with Gasteiger partial charge < -0.3 is 37.2 Å². The van der Waals surface area contributed by atoms with Crippen LogP contribution in [0.2, 0.25) is 5.02 Å². The molecule has 18 heavy (non-hydrogen) atoms. The topological polar surface area (TPSA) is 0 Å². The maximum Gasteiger partial charge on any atom is -1.00 e. The molecule has 0 spiro atoms. The molecule has 3 rings (SSSR count). The molecule has 0 saturated carbocycles. The van der Waals surface area contributed by atoms with E-state index in [0.29, 0.717) is 3.63 Å². The fourth-order valence-electron chi connectivity index (χ4n) is 2.18. The summed E-state index contributed by atoms with van der Waals surface area (Å²) in [5.41, 5.74) is 5.58. The molecule has 0 N–H and O–H groups in total. The number of halogens is 4. The smallest absolute Gasteiger partial charge is 1.00 e. The van der Waals surface area contributed by atoms with E-state index in [2.05, 4.69) is 36.4 Å². The molecule has 0 amide bonds. The van der Waals surface area contributed by atoms with E-state index in [9.17, 15) is 0 Å². The van der Waals surface area contributed by atoms with Gasteiger partial charge in [0.1, 0.15) is 0 Å². The van der Waals surface area contributed by atoms with Crippen LogP contribution in [-0.4, -0.2) is 0 Å². The van der Waals surface area contributed by atoms with Crippen molar-refractivity contribution in [3.8, 4) is 11.1 Å². The Morgan fingerprint density at radius 1 is 0.833 bits per heavy atom. The van der Waals surface area contributed by atoms with Gasteiger partial charge in [-0.15, -0.1) is 0 Å². The van der Waals surface area contributed by atoms with E-state index in [1.54, 1.807) is 0 Å². The van der Waals surface area contributed by atoms with Gasteiger partial charge in [0.05, 0.1) is 0 Å². The first-order valence-corrected chi connectivity index (χ1v) is 6.67. The van der Waals surface area contributed by atoms with Crippen LogP contribution in [0.15, 0.2) is 42.5 Å². The summed E-state index contributed by atoms with van der Waals surface area (Å²) in [6.07, 6.45) is 0. The van der Waals surface area contributed by atoms with Crippen LogP contribution in [0.5, 0.6) is 0 Å². The molecule has 1 atom stereocenters. The van der Waals surface area contributed by atoms with Gasteiger partial charge in [-0.25, -0.2) is 0 Å². The van der Waals surface area contributed by atoms with Crippen molar-refractivity contribution >= 4 is 11.6 Å². The molecule has 2 aromatic rings. The summed E-state index contributed by atoms with van der Waals surface area (Å²) in [5, 5.41) is 0.842. The van der Waals surface area contributed by atoms with Crippen LogP contribution in [0.4, 0.5) is 0 Å². The van der Waals surface area contributed by atoms with Crippen molar-refractivity contribution in [1.29, 1.82) is 0 Å². The normalized spacial score (nSPS) is 14.5. The zero-order valence-electron chi connectivity index (χ0n) is 9.13. The van der Waals surface area contributed by atoms with Gasteiger partial charge in [0.15, 0.2) is 0 Å². The maximum absolute atomic E-state index is 6.04. The molecule has 0 aromatic heterocycles. The Balaban J connectivity index is 0.000000963. The summed E-state index contributed by atoms with van der Waals surface area (Å²) < 4.78 is 0.557. The molecule has 0 heterocycles. The molecular formula is C13H8Cl4Zr. The van der Waals surface area contributed by atoms with E-state index in [1.807, 2.05) is 6.07 Å². The number of benzene rings is 2. The second kappa shape index (κ2) is 7.31. The van der Waals surface area contributed by atoms with Crippen molar-refractivity contribution in [3.05, 3.63) is 58.6 Å². The summed E-state index contributed by atoms with van der Waals surface area (Å²) in [6.45, 7) is 0. The minimum absolute atomic E-state index is 0. The van der Waals surface area contributed by atoms with E-state index in [-0.39, 0.29) is 37.2 Å².